The molecule has 0 saturated carbocycles. The standard InChI is InChI=1S/C21H21ClFN7O2/c1-32-21(31)29-12-14-10-15(22)2-4-17(14)30-19(13-29)25-26-20(30)28-8-6-27(7-9-28)18-5-3-16(23)11-24-18/h2-5,10-11H,6-9,12-13H2,1H3. The second-order valence-electron chi connectivity index (χ2n) is 7.66. The topological polar surface area (TPSA) is 79.6 Å². The van der Waals surface area contributed by atoms with Crippen LogP contribution < -0.4 is 9.80 Å². The highest BCUT2D eigenvalue weighted by atomic mass is 35.5. The normalized spacial score (nSPS) is 15.8. The third kappa shape index (κ3) is 3.70. The number of carbonyl (C=O) groups is 1. The number of benzene rings is 1. The van der Waals surface area contributed by atoms with Crippen LogP contribution in [-0.2, 0) is 17.8 Å². The summed E-state index contributed by atoms with van der Waals surface area (Å²) in [5.41, 5.74) is 1.77. The largest absolute Gasteiger partial charge is 0.453 e. The molecule has 4 heterocycles. The van der Waals surface area contributed by atoms with Gasteiger partial charge in [0.15, 0.2) is 5.82 Å². The van der Waals surface area contributed by atoms with E-state index in [9.17, 15) is 9.18 Å². The van der Waals surface area contributed by atoms with Crippen molar-refractivity contribution in [1.82, 2.24) is 24.6 Å². The Morgan fingerprint density at radius 3 is 2.56 bits per heavy atom. The molecule has 3 aromatic rings. The molecule has 32 heavy (non-hydrogen) atoms. The van der Waals surface area contributed by atoms with Crippen LogP contribution in [0.3, 0.4) is 0 Å². The van der Waals surface area contributed by atoms with E-state index < -0.39 is 6.09 Å². The molecule has 1 saturated heterocycles. The summed E-state index contributed by atoms with van der Waals surface area (Å²) in [7, 11) is 1.36. The number of pyridine rings is 1. The highest BCUT2D eigenvalue weighted by Gasteiger charge is 2.30. The quantitative estimate of drug-likeness (QED) is 0.585. The molecule has 9 nitrogen and oxygen atoms in total. The van der Waals surface area contributed by atoms with E-state index in [2.05, 4.69) is 25.0 Å². The smallest absolute Gasteiger partial charge is 0.410 e. The van der Waals surface area contributed by atoms with Gasteiger partial charge in [-0.05, 0) is 35.9 Å². The van der Waals surface area contributed by atoms with Crippen LogP contribution in [0, 0.1) is 5.82 Å². The van der Waals surface area contributed by atoms with Crippen molar-refractivity contribution in [2.75, 3.05) is 43.1 Å². The molecule has 0 N–H and O–H groups in total. The van der Waals surface area contributed by atoms with E-state index in [1.807, 2.05) is 22.8 Å². The highest BCUT2D eigenvalue weighted by molar-refractivity contribution is 6.30. The Hall–Kier alpha value is -3.40. The van der Waals surface area contributed by atoms with Crippen LogP contribution in [0.4, 0.5) is 21.0 Å². The average molecular weight is 458 g/mol. The van der Waals surface area contributed by atoms with Gasteiger partial charge in [0.05, 0.1) is 32.1 Å². The molecule has 0 unspecified atom stereocenters. The fraction of sp³-hybridized carbons (Fsp3) is 0.333. The Morgan fingerprint density at radius 1 is 1.06 bits per heavy atom. The molecule has 0 atom stereocenters. The lowest BCUT2D eigenvalue weighted by Gasteiger charge is -2.35. The lowest BCUT2D eigenvalue weighted by Crippen LogP contribution is -2.47. The fourth-order valence-electron chi connectivity index (χ4n) is 4.14. The van der Waals surface area contributed by atoms with Gasteiger partial charge < -0.3 is 14.5 Å². The lowest BCUT2D eigenvalue weighted by molar-refractivity contribution is 0.117. The summed E-state index contributed by atoms with van der Waals surface area (Å²) in [4.78, 5) is 22.3. The Balaban J connectivity index is 1.45. The molecule has 0 spiro atoms. The number of hydrogen-bond donors (Lipinski definition) is 0. The summed E-state index contributed by atoms with van der Waals surface area (Å²) in [6, 6.07) is 8.70. The van der Waals surface area contributed by atoms with Crippen molar-refractivity contribution in [3.63, 3.8) is 0 Å². The first-order valence-corrected chi connectivity index (χ1v) is 10.6. The second kappa shape index (κ2) is 8.27. The van der Waals surface area contributed by atoms with E-state index in [1.165, 1.54) is 19.4 Å². The fourth-order valence-corrected chi connectivity index (χ4v) is 4.34. The second-order valence-corrected chi connectivity index (χ2v) is 8.10. The zero-order valence-corrected chi connectivity index (χ0v) is 18.2. The predicted octanol–water partition coefficient (Wildman–Crippen LogP) is 2.86. The maximum Gasteiger partial charge on any atom is 0.410 e. The molecular formula is C21H21ClFN7O2. The number of methoxy groups -OCH3 is 1. The molecule has 0 aliphatic carbocycles. The molecule has 1 amide bonds. The van der Waals surface area contributed by atoms with Crippen molar-refractivity contribution in [2.24, 2.45) is 0 Å². The van der Waals surface area contributed by atoms with Crippen LogP contribution in [0.25, 0.3) is 5.69 Å². The lowest BCUT2D eigenvalue weighted by atomic mass is 10.1. The van der Waals surface area contributed by atoms with E-state index in [-0.39, 0.29) is 12.4 Å². The van der Waals surface area contributed by atoms with Gasteiger partial charge in [0, 0.05) is 31.2 Å². The number of halogens is 2. The van der Waals surface area contributed by atoms with Crippen LogP contribution in [0.2, 0.25) is 5.02 Å². The first-order chi connectivity index (χ1) is 15.5. The van der Waals surface area contributed by atoms with Crippen LogP contribution >= 0.6 is 11.6 Å². The van der Waals surface area contributed by atoms with Crippen LogP contribution in [0.5, 0.6) is 0 Å². The number of piperazine rings is 1. The van der Waals surface area contributed by atoms with Gasteiger partial charge in [0.25, 0.3) is 0 Å². The molecule has 2 aliphatic rings. The molecule has 5 rings (SSSR count). The maximum absolute atomic E-state index is 13.2. The van der Waals surface area contributed by atoms with Crippen LogP contribution in [0.1, 0.15) is 11.4 Å². The summed E-state index contributed by atoms with van der Waals surface area (Å²) in [6.07, 6.45) is 0.796. The highest BCUT2D eigenvalue weighted by Crippen LogP contribution is 2.31. The van der Waals surface area contributed by atoms with Crippen molar-refractivity contribution in [3.05, 3.63) is 58.8 Å². The minimum absolute atomic E-state index is 0.269. The van der Waals surface area contributed by atoms with Crippen molar-refractivity contribution in [3.8, 4) is 5.69 Å². The summed E-state index contributed by atoms with van der Waals surface area (Å²) >= 11 is 6.24. The van der Waals surface area contributed by atoms with Gasteiger partial charge in [-0.15, -0.1) is 10.2 Å². The average Bonchev–Trinajstić information content (AvgIpc) is 3.15. The summed E-state index contributed by atoms with van der Waals surface area (Å²) in [5.74, 6) is 1.76. The molecule has 1 aromatic carbocycles. The summed E-state index contributed by atoms with van der Waals surface area (Å²) in [5, 5.41) is 9.43. The molecule has 166 valence electrons. The Labute approximate surface area is 189 Å². The first-order valence-electron chi connectivity index (χ1n) is 10.2. The van der Waals surface area contributed by atoms with E-state index in [0.717, 1.165) is 17.1 Å². The van der Waals surface area contributed by atoms with Gasteiger partial charge in [-0.3, -0.25) is 9.47 Å². The first kappa shape index (κ1) is 20.5. The molecule has 0 bridgehead atoms. The Kier molecular flexibility index (Phi) is 5.30. The predicted molar refractivity (Wildman–Crippen MR) is 117 cm³/mol. The van der Waals surface area contributed by atoms with Crippen molar-refractivity contribution >= 4 is 29.5 Å². The number of aromatic nitrogens is 4. The van der Waals surface area contributed by atoms with Gasteiger partial charge in [0.1, 0.15) is 11.6 Å². The SMILES string of the molecule is COC(=O)N1Cc2cc(Cl)ccc2-n2c(nnc2N2CCN(c3ccc(F)cn3)CC2)C1. The minimum atomic E-state index is -0.436. The van der Waals surface area contributed by atoms with E-state index in [0.29, 0.717) is 49.5 Å². The summed E-state index contributed by atoms with van der Waals surface area (Å²) in [6.45, 7) is 3.44. The molecule has 11 heteroatoms. The van der Waals surface area contributed by atoms with Gasteiger partial charge in [-0.2, -0.15) is 0 Å². The van der Waals surface area contributed by atoms with Crippen LogP contribution in [-0.4, -0.2) is 64.0 Å². The van der Waals surface area contributed by atoms with Gasteiger partial charge in [-0.25, -0.2) is 14.2 Å². The molecule has 1 fully saturated rings. The van der Waals surface area contributed by atoms with E-state index in [4.69, 9.17) is 16.3 Å². The van der Waals surface area contributed by atoms with Crippen molar-refractivity contribution < 1.29 is 13.9 Å². The van der Waals surface area contributed by atoms with Gasteiger partial charge in [-0.1, -0.05) is 11.6 Å². The molecule has 0 radical (unpaired) electrons. The van der Waals surface area contributed by atoms with Crippen molar-refractivity contribution in [2.45, 2.75) is 13.1 Å². The third-order valence-corrected chi connectivity index (χ3v) is 5.96. The van der Waals surface area contributed by atoms with E-state index in [1.54, 1.807) is 11.0 Å². The number of carbonyl (C=O) groups excluding carboxylic acids is 1. The van der Waals surface area contributed by atoms with Gasteiger partial charge in [0.2, 0.25) is 5.95 Å². The molecular weight excluding hydrogens is 437 g/mol. The number of fused-ring (bicyclic) bond motifs is 3. The number of hydrogen-bond acceptors (Lipinski definition) is 7. The third-order valence-electron chi connectivity index (χ3n) is 5.72. The van der Waals surface area contributed by atoms with E-state index >= 15 is 0 Å². The number of amides is 1. The zero-order chi connectivity index (χ0) is 22.2. The molecule has 2 aromatic heterocycles. The minimum Gasteiger partial charge on any atom is -0.453 e. The van der Waals surface area contributed by atoms with Crippen molar-refractivity contribution in [1.29, 1.82) is 0 Å². The number of nitrogens with zero attached hydrogens (tertiary/aromatic N) is 7. The molecule has 2 aliphatic heterocycles. The van der Waals surface area contributed by atoms with Gasteiger partial charge >= 0.3 is 6.09 Å². The number of ether oxygens (including phenoxy) is 1. The Morgan fingerprint density at radius 2 is 1.84 bits per heavy atom. The zero-order valence-electron chi connectivity index (χ0n) is 17.4. The monoisotopic (exact) mass is 457 g/mol. The Bertz CT molecular complexity index is 1150. The maximum atomic E-state index is 13.2. The summed E-state index contributed by atoms with van der Waals surface area (Å²) < 4.78 is 20.1. The van der Waals surface area contributed by atoms with Crippen LogP contribution in [0.15, 0.2) is 36.5 Å². The number of anilines is 2. The number of rotatable bonds is 2.